The summed E-state index contributed by atoms with van der Waals surface area (Å²) in [7, 11) is 3.10. The molecule has 1 aromatic heterocycles. The molecule has 4 rings (SSSR count). The van der Waals surface area contributed by atoms with E-state index in [4.69, 9.17) is 14.0 Å². The van der Waals surface area contributed by atoms with E-state index in [2.05, 4.69) is 10.1 Å². The number of amides is 1. The lowest BCUT2D eigenvalue weighted by atomic mass is 10.1. The number of aromatic nitrogens is 2. The van der Waals surface area contributed by atoms with Crippen LogP contribution in [0.3, 0.4) is 0 Å². The third kappa shape index (κ3) is 4.39. The number of benzene rings is 2. The van der Waals surface area contributed by atoms with Crippen LogP contribution in [-0.2, 0) is 17.5 Å². The second kappa shape index (κ2) is 8.52. The zero-order valence-electron chi connectivity index (χ0n) is 17.3. The molecule has 10 heteroatoms. The number of rotatable bonds is 6. The highest BCUT2D eigenvalue weighted by Gasteiger charge is 2.35. The number of carbonyl (C=O) groups excluding carboxylic acids is 1. The molecule has 1 unspecified atom stereocenters. The number of ether oxygens (including phenoxy) is 2. The summed E-state index contributed by atoms with van der Waals surface area (Å²) >= 11 is 0. The highest BCUT2D eigenvalue weighted by Crippen LogP contribution is 2.33. The summed E-state index contributed by atoms with van der Waals surface area (Å²) in [6.45, 7) is 0.775. The average molecular weight is 447 g/mol. The van der Waals surface area contributed by atoms with Crippen LogP contribution in [0.1, 0.15) is 29.4 Å². The number of alkyl halides is 3. The number of likely N-dealkylation sites (tertiary alicyclic amines) is 1. The van der Waals surface area contributed by atoms with Gasteiger partial charge in [-0.1, -0.05) is 23.4 Å². The largest absolute Gasteiger partial charge is 0.493 e. The van der Waals surface area contributed by atoms with E-state index in [1.165, 1.54) is 12.1 Å². The summed E-state index contributed by atoms with van der Waals surface area (Å²) in [5, 5.41) is 3.87. The molecule has 0 saturated carbocycles. The van der Waals surface area contributed by atoms with Gasteiger partial charge in [0, 0.05) is 25.1 Å². The molecule has 1 saturated heterocycles. The number of halogens is 3. The zero-order chi connectivity index (χ0) is 22.9. The molecule has 32 heavy (non-hydrogen) atoms. The van der Waals surface area contributed by atoms with Gasteiger partial charge in [-0.15, -0.1) is 0 Å². The lowest BCUT2D eigenvalue weighted by Crippen LogP contribution is -2.24. The first kappa shape index (κ1) is 21.7. The molecule has 2 heterocycles. The smallest absolute Gasteiger partial charge is 0.416 e. The number of carbonyl (C=O) groups is 1. The minimum atomic E-state index is -4.41. The molecule has 1 amide bonds. The van der Waals surface area contributed by atoms with E-state index in [0.717, 1.165) is 17.7 Å². The normalized spacial score (nSPS) is 16.5. The molecule has 2 aromatic carbocycles. The van der Waals surface area contributed by atoms with Crippen LogP contribution >= 0.6 is 0 Å². The van der Waals surface area contributed by atoms with Gasteiger partial charge in [-0.25, -0.2) is 0 Å². The first-order chi connectivity index (χ1) is 15.3. The van der Waals surface area contributed by atoms with Gasteiger partial charge in [0.2, 0.25) is 17.6 Å². The van der Waals surface area contributed by atoms with Crippen LogP contribution in [0.25, 0.3) is 11.4 Å². The summed E-state index contributed by atoms with van der Waals surface area (Å²) in [5.41, 5.74) is 0.532. The molecule has 0 radical (unpaired) electrons. The maximum absolute atomic E-state index is 12.7. The van der Waals surface area contributed by atoms with Crippen molar-refractivity contribution in [2.45, 2.75) is 25.1 Å². The maximum Gasteiger partial charge on any atom is 0.416 e. The Balaban J connectivity index is 1.45. The van der Waals surface area contributed by atoms with Crippen molar-refractivity contribution in [1.29, 1.82) is 0 Å². The summed E-state index contributed by atoms with van der Waals surface area (Å²) in [6.07, 6.45) is -4.20. The second-order valence-electron chi connectivity index (χ2n) is 7.40. The number of nitrogens with zero attached hydrogens (tertiary/aromatic N) is 3. The van der Waals surface area contributed by atoms with Crippen LogP contribution in [0.4, 0.5) is 13.2 Å². The monoisotopic (exact) mass is 447 g/mol. The Hall–Kier alpha value is -3.56. The fourth-order valence-electron chi connectivity index (χ4n) is 3.62. The Morgan fingerprint density at radius 3 is 2.47 bits per heavy atom. The van der Waals surface area contributed by atoms with Crippen molar-refractivity contribution in [2.24, 2.45) is 0 Å². The number of hydrogen-bond acceptors (Lipinski definition) is 6. The van der Waals surface area contributed by atoms with Crippen LogP contribution in [0.5, 0.6) is 11.5 Å². The molecular weight excluding hydrogens is 427 g/mol. The van der Waals surface area contributed by atoms with Gasteiger partial charge < -0.3 is 18.9 Å². The first-order valence-corrected chi connectivity index (χ1v) is 9.78. The van der Waals surface area contributed by atoms with E-state index in [1.54, 1.807) is 25.2 Å². The summed E-state index contributed by atoms with van der Waals surface area (Å²) in [4.78, 5) is 18.5. The van der Waals surface area contributed by atoms with E-state index in [-0.39, 0.29) is 30.0 Å². The quantitative estimate of drug-likeness (QED) is 0.561. The summed E-state index contributed by atoms with van der Waals surface area (Å²) < 4.78 is 54.1. The predicted octanol–water partition coefficient (Wildman–Crippen LogP) is 4.29. The van der Waals surface area contributed by atoms with Gasteiger partial charge in [0.15, 0.2) is 11.5 Å². The van der Waals surface area contributed by atoms with Gasteiger partial charge in [-0.05, 0) is 29.8 Å². The molecule has 0 N–H and O–H groups in total. The Bertz CT molecular complexity index is 1110. The molecule has 1 atom stereocenters. The third-order valence-electron chi connectivity index (χ3n) is 5.30. The molecule has 0 bridgehead atoms. The van der Waals surface area contributed by atoms with Crippen LogP contribution < -0.4 is 9.47 Å². The molecule has 0 aliphatic carbocycles. The minimum Gasteiger partial charge on any atom is -0.493 e. The lowest BCUT2D eigenvalue weighted by Gasteiger charge is -2.17. The van der Waals surface area contributed by atoms with Gasteiger partial charge in [0.1, 0.15) is 0 Å². The fourth-order valence-corrected chi connectivity index (χ4v) is 3.62. The van der Waals surface area contributed by atoms with Crippen LogP contribution in [0.15, 0.2) is 47.0 Å². The van der Waals surface area contributed by atoms with Crippen molar-refractivity contribution < 1.29 is 32.0 Å². The summed E-state index contributed by atoms with van der Waals surface area (Å²) in [5.74, 6) is 1.29. The third-order valence-corrected chi connectivity index (χ3v) is 5.30. The molecule has 1 aliphatic heterocycles. The van der Waals surface area contributed by atoms with Crippen molar-refractivity contribution >= 4 is 5.91 Å². The predicted molar refractivity (Wildman–Crippen MR) is 107 cm³/mol. The van der Waals surface area contributed by atoms with Gasteiger partial charge in [-0.2, -0.15) is 18.2 Å². The molecule has 7 nitrogen and oxygen atoms in total. The topological polar surface area (TPSA) is 77.7 Å². The lowest BCUT2D eigenvalue weighted by molar-refractivity contribution is -0.137. The van der Waals surface area contributed by atoms with Crippen molar-refractivity contribution in [1.82, 2.24) is 15.0 Å². The second-order valence-corrected chi connectivity index (χ2v) is 7.40. The highest BCUT2D eigenvalue weighted by molar-refractivity contribution is 5.79. The van der Waals surface area contributed by atoms with E-state index in [9.17, 15) is 18.0 Å². The van der Waals surface area contributed by atoms with Crippen molar-refractivity contribution in [3.05, 3.63) is 59.5 Å². The highest BCUT2D eigenvalue weighted by atomic mass is 19.4. The molecule has 1 aliphatic rings. The maximum atomic E-state index is 12.7. The Morgan fingerprint density at radius 2 is 1.81 bits per heavy atom. The van der Waals surface area contributed by atoms with Crippen LogP contribution in [-0.4, -0.2) is 41.7 Å². The van der Waals surface area contributed by atoms with Gasteiger partial charge >= 0.3 is 6.18 Å². The summed E-state index contributed by atoms with van der Waals surface area (Å²) in [6, 6.07) is 9.97. The van der Waals surface area contributed by atoms with E-state index in [0.29, 0.717) is 30.2 Å². The number of methoxy groups -OCH3 is 2. The molecule has 0 spiro atoms. The van der Waals surface area contributed by atoms with Crippen LogP contribution in [0, 0.1) is 0 Å². The van der Waals surface area contributed by atoms with E-state index < -0.39 is 11.7 Å². The van der Waals surface area contributed by atoms with Gasteiger partial charge in [0.05, 0.1) is 25.7 Å². The molecular formula is C22H20F3N3O4. The van der Waals surface area contributed by atoms with Crippen LogP contribution in [0.2, 0.25) is 0 Å². The molecule has 1 fully saturated rings. The number of hydrogen-bond donors (Lipinski definition) is 0. The average Bonchev–Trinajstić information content (AvgIpc) is 3.40. The minimum absolute atomic E-state index is 0.0564. The molecule has 3 aromatic rings. The fraction of sp³-hybridized carbons (Fsp3) is 0.318. The first-order valence-electron chi connectivity index (χ1n) is 9.78. The van der Waals surface area contributed by atoms with Gasteiger partial charge in [0.25, 0.3) is 0 Å². The Morgan fingerprint density at radius 1 is 1.09 bits per heavy atom. The van der Waals surface area contributed by atoms with Crippen molar-refractivity contribution in [3.8, 4) is 22.9 Å². The van der Waals surface area contributed by atoms with Gasteiger partial charge in [-0.3, -0.25) is 4.79 Å². The van der Waals surface area contributed by atoms with Crippen molar-refractivity contribution in [2.75, 3.05) is 20.8 Å². The molecule has 168 valence electrons. The van der Waals surface area contributed by atoms with Crippen molar-refractivity contribution in [3.63, 3.8) is 0 Å². The SMILES string of the molecule is COc1ccc(CN2CC(c3nc(-c4ccc(C(F)(F)F)cc4)no3)CC2=O)cc1OC. The Kier molecular flexibility index (Phi) is 5.77. The zero-order valence-corrected chi connectivity index (χ0v) is 17.3. The standard InChI is InChI=1S/C22H20F3N3O4/c1-30-17-8-3-13(9-18(17)31-2)11-28-12-15(10-19(28)29)21-26-20(27-32-21)14-4-6-16(7-5-14)22(23,24)25/h3-9,15H,10-12H2,1-2H3. The Labute approximate surface area is 181 Å². The van der Waals surface area contributed by atoms with E-state index >= 15 is 0 Å². The van der Waals surface area contributed by atoms with E-state index in [1.807, 2.05) is 12.1 Å².